The topological polar surface area (TPSA) is 21.3 Å². The number of hydroxylamine groups is 1. The number of rotatable bonds is 4. The highest BCUT2D eigenvalue weighted by molar-refractivity contribution is 6.88. The van der Waals surface area contributed by atoms with E-state index in [-0.39, 0.29) is 0 Å². The summed E-state index contributed by atoms with van der Waals surface area (Å²) < 4.78 is 0. The van der Waals surface area contributed by atoms with Crippen LogP contribution in [0.1, 0.15) is 6.92 Å². The number of nitrogens with one attached hydrogen (secondary N) is 1. The lowest BCUT2D eigenvalue weighted by atomic mass is 10.7. The third-order valence-electron chi connectivity index (χ3n) is 1.71. The number of allylic oxidation sites excluding steroid dienone is 1. The van der Waals surface area contributed by atoms with Crippen molar-refractivity contribution in [3.8, 4) is 0 Å². The van der Waals surface area contributed by atoms with Crippen LogP contribution in [0.3, 0.4) is 0 Å². The minimum absolute atomic E-state index is 1.16. The van der Waals surface area contributed by atoms with E-state index in [4.69, 9.17) is 4.84 Å². The molecule has 0 aromatic carbocycles. The second kappa shape index (κ2) is 4.36. The van der Waals surface area contributed by atoms with Crippen molar-refractivity contribution in [3.63, 3.8) is 0 Å². The zero-order valence-corrected chi connectivity index (χ0v) is 8.77. The van der Waals surface area contributed by atoms with Gasteiger partial charge in [-0.3, -0.25) is 10.3 Å². The van der Waals surface area contributed by atoms with Crippen molar-refractivity contribution < 1.29 is 4.84 Å². The summed E-state index contributed by atoms with van der Waals surface area (Å²) in [5.74, 6) is 0. The normalized spacial score (nSPS) is 12.9. The fourth-order valence-electron chi connectivity index (χ4n) is 0.782. The van der Waals surface area contributed by atoms with Crippen LogP contribution in [0.25, 0.3) is 0 Å². The van der Waals surface area contributed by atoms with Crippen molar-refractivity contribution in [1.29, 1.82) is 0 Å². The van der Waals surface area contributed by atoms with Crippen molar-refractivity contribution in [2.45, 2.75) is 20.0 Å². The van der Waals surface area contributed by atoms with Crippen LogP contribution in [-0.4, -0.2) is 15.2 Å². The molecule has 0 fully saturated rings. The summed E-state index contributed by atoms with van der Waals surface area (Å²) in [6.07, 6.45) is 2.04. The van der Waals surface area contributed by atoms with Crippen molar-refractivity contribution in [1.82, 2.24) is 5.48 Å². The predicted molar refractivity (Wildman–Crippen MR) is 51.6 cm³/mol. The Morgan fingerprint density at radius 3 is 2.36 bits per heavy atom. The van der Waals surface area contributed by atoms with Gasteiger partial charge < -0.3 is 0 Å². The van der Waals surface area contributed by atoms with Gasteiger partial charge in [-0.25, -0.2) is 0 Å². The highest BCUT2D eigenvalue weighted by Crippen LogP contribution is 2.12. The summed E-state index contributed by atoms with van der Waals surface area (Å²) in [5.41, 5.74) is 4.90. The first-order valence-electron chi connectivity index (χ1n) is 3.68. The molecule has 0 aliphatic heterocycles. The smallest absolute Gasteiger partial charge is 0.126 e. The quantitative estimate of drug-likeness (QED) is 0.516. The summed E-state index contributed by atoms with van der Waals surface area (Å²) in [7, 11) is 0.183. The average molecular weight is 171 g/mol. The van der Waals surface area contributed by atoms with Crippen molar-refractivity contribution >= 4 is 8.07 Å². The highest BCUT2D eigenvalue weighted by Gasteiger charge is 2.21. The van der Waals surface area contributed by atoms with Gasteiger partial charge in [0.25, 0.3) is 0 Å². The number of hydrogen-bond acceptors (Lipinski definition) is 2. The van der Waals surface area contributed by atoms with Crippen LogP contribution in [0.15, 0.2) is 23.7 Å². The van der Waals surface area contributed by atoms with E-state index >= 15 is 0 Å². The lowest BCUT2D eigenvalue weighted by Gasteiger charge is -2.21. The lowest BCUT2D eigenvalue weighted by molar-refractivity contribution is 0.123. The molecule has 1 N–H and O–H groups in total. The third kappa shape index (κ3) is 2.90. The van der Waals surface area contributed by atoms with Crippen LogP contribution in [0.5, 0.6) is 0 Å². The summed E-state index contributed by atoms with van der Waals surface area (Å²) >= 11 is 0. The predicted octanol–water partition coefficient (Wildman–Crippen LogP) is 2.01. The lowest BCUT2D eigenvalue weighted by Crippen LogP contribution is -2.34. The summed E-state index contributed by atoms with van der Waals surface area (Å²) in [4.78, 5) is 4.85. The minimum Gasteiger partial charge on any atom is -0.280 e. The maximum absolute atomic E-state index is 4.85. The van der Waals surface area contributed by atoms with Gasteiger partial charge in [-0.2, -0.15) is 0 Å². The maximum atomic E-state index is 4.85. The van der Waals surface area contributed by atoms with E-state index in [0.29, 0.717) is 0 Å². The standard InChI is InChI=1S/C8H17NOSi/c1-6-8(9-10-3)11(4,5)7-2/h6-7,9H,2H2,1,3-5H3. The second-order valence-electron chi connectivity index (χ2n) is 2.93. The van der Waals surface area contributed by atoms with Crippen molar-refractivity contribution in [2.75, 3.05) is 7.11 Å². The van der Waals surface area contributed by atoms with Crippen LogP contribution in [-0.2, 0) is 4.84 Å². The van der Waals surface area contributed by atoms with Gasteiger partial charge in [0.15, 0.2) is 0 Å². The van der Waals surface area contributed by atoms with Gasteiger partial charge in [-0.05, 0) is 6.92 Å². The zero-order valence-electron chi connectivity index (χ0n) is 7.77. The first-order chi connectivity index (χ1) is 5.08. The molecule has 0 amide bonds. The van der Waals surface area contributed by atoms with Gasteiger partial charge in [-0.15, -0.1) is 6.58 Å². The molecule has 0 radical (unpaired) electrons. The number of hydrogen-bond donors (Lipinski definition) is 1. The molecule has 0 unspecified atom stereocenters. The van der Waals surface area contributed by atoms with Gasteiger partial charge in [0.2, 0.25) is 0 Å². The highest BCUT2D eigenvalue weighted by atomic mass is 28.3. The van der Waals surface area contributed by atoms with Gasteiger partial charge in [0.1, 0.15) is 8.07 Å². The molecule has 0 bridgehead atoms. The zero-order chi connectivity index (χ0) is 8.91. The Morgan fingerprint density at radius 2 is 2.09 bits per heavy atom. The maximum Gasteiger partial charge on any atom is 0.126 e. The Kier molecular flexibility index (Phi) is 4.14. The third-order valence-corrected chi connectivity index (χ3v) is 4.50. The summed E-state index contributed by atoms with van der Waals surface area (Å²) in [5, 5.41) is 1.16. The molecule has 0 aliphatic carbocycles. The van der Waals surface area contributed by atoms with Gasteiger partial charge >= 0.3 is 0 Å². The van der Waals surface area contributed by atoms with Gasteiger partial charge in [0, 0.05) is 5.32 Å². The molecule has 0 spiro atoms. The molecule has 0 saturated heterocycles. The largest absolute Gasteiger partial charge is 0.280 e. The molecule has 0 heterocycles. The molecule has 0 aliphatic rings. The average Bonchev–Trinajstić information content (AvgIpc) is 2.00. The van der Waals surface area contributed by atoms with E-state index in [1.165, 1.54) is 0 Å². The van der Waals surface area contributed by atoms with Crippen LogP contribution in [0.4, 0.5) is 0 Å². The monoisotopic (exact) mass is 171 g/mol. The molecular formula is C8H17NOSi. The fraction of sp³-hybridized carbons (Fsp3) is 0.500. The Labute approximate surface area is 69.9 Å². The van der Waals surface area contributed by atoms with Crippen LogP contribution in [0.2, 0.25) is 13.1 Å². The molecule has 0 aromatic heterocycles. The Bertz CT molecular complexity index is 163. The van der Waals surface area contributed by atoms with E-state index in [0.717, 1.165) is 5.32 Å². The van der Waals surface area contributed by atoms with E-state index in [1.807, 2.05) is 18.7 Å². The minimum atomic E-state index is -1.44. The molecule has 64 valence electrons. The van der Waals surface area contributed by atoms with Crippen molar-refractivity contribution in [3.05, 3.63) is 23.7 Å². The van der Waals surface area contributed by atoms with Crippen LogP contribution in [0, 0.1) is 0 Å². The van der Waals surface area contributed by atoms with E-state index in [2.05, 4.69) is 25.2 Å². The Balaban J connectivity index is 4.37. The molecule has 0 atom stereocenters. The SMILES string of the molecule is C=C[Si](C)(C)C(=CC)NOC. The first-order valence-corrected chi connectivity index (χ1v) is 6.75. The molecular weight excluding hydrogens is 154 g/mol. The molecule has 0 aromatic rings. The Hall–Kier alpha value is -0.543. The molecule has 0 saturated carbocycles. The second-order valence-corrected chi connectivity index (χ2v) is 7.32. The first kappa shape index (κ1) is 10.5. The molecule has 0 rings (SSSR count). The fourth-order valence-corrected chi connectivity index (χ4v) is 2.11. The van der Waals surface area contributed by atoms with Crippen LogP contribution < -0.4 is 5.48 Å². The van der Waals surface area contributed by atoms with E-state index in [1.54, 1.807) is 7.11 Å². The van der Waals surface area contributed by atoms with Gasteiger partial charge in [0.05, 0.1) is 7.11 Å². The molecule has 2 nitrogen and oxygen atoms in total. The Morgan fingerprint density at radius 1 is 1.55 bits per heavy atom. The summed E-state index contributed by atoms with van der Waals surface area (Å²) in [6, 6.07) is 0. The molecule has 3 heteroatoms. The van der Waals surface area contributed by atoms with E-state index < -0.39 is 8.07 Å². The van der Waals surface area contributed by atoms with Crippen LogP contribution >= 0.6 is 0 Å². The summed E-state index contributed by atoms with van der Waals surface area (Å²) in [6.45, 7) is 10.2. The van der Waals surface area contributed by atoms with Crippen molar-refractivity contribution in [2.24, 2.45) is 0 Å². The molecule has 11 heavy (non-hydrogen) atoms. The van der Waals surface area contributed by atoms with Gasteiger partial charge in [-0.1, -0.05) is 24.9 Å². The van der Waals surface area contributed by atoms with E-state index in [9.17, 15) is 0 Å².